The zero-order valence-electron chi connectivity index (χ0n) is 11.2. The summed E-state index contributed by atoms with van der Waals surface area (Å²) in [6, 6.07) is 2.69. The van der Waals surface area contributed by atoms with Crippen LogP contribution in [-0.2, 0) is 4.79 Å². The molecule has 0 aliphatic carbocycles. The van der Waals surface area contributed by atoms with Gasteiger partial charge in [-0.15, -0.1) is 12.3 Å². The van der Waals surface area contributed by atoms with E-state index in [1.165, 1.54) is 26.4 Å². The Morgan fingerprint density at radius 1 is 1.30 bits per heavy atom. The van der Waals surface area contributed by atoms with E-state index in [0.717, 1.165) is 0 Å². The molecule has 6 nitrogen and oxygen atoms in total. The molecule has 0 spiro atoms. The molecule has 0 aliphatic heterocycles. The van der Waals surface area contributed by atoms with Gasteiger partial charge in [0, 0.05) is 25.0 Å². The predicted octanol–water partition coefficient (Wildman–Crippen LogP) is 1.75. The number of anilines is 1. The first-order valence-corrected chi connectivity index (χ1v) is 5.76. The summed E-state index contributed by atoms with van der Waals surface area (Å²) in [5.41, 5.74) is 0.0499. The summed E-state index contributed by atoms with van der Waals surface area (Å²) in [5.74, 6) is 1.39. The summed E-state index contributed by atoms with van der Waals surface area (Å²) in [6.45, 7) is 0. The van der Waals surface area contributed by atoms with Crippen LogP contribution in [0.2, 0.25) is 0 Å². The van der Waals surface area contributed by atoms with Crippen LogP contribution in [0.1, 0.15) is 23.2 Å². The molecule has 0 radical (unpaired) electrons. The molecule has 0 saturated carbocycles. The number of nitrogens with one attached hydrogen (secondary N) is 1. The van der Waals surface area contributed by atoms with E-state index in [9.17, 15) is 9.59 Å². The lowest BCUT2D eigenvalue weighted by Crippen LogP contribution is -2.14. The lowest BCUT2D eigenvalue weighted by Gasteiger charge is -2.13. The molecule has 106 valence electrons. The zero-order valence-corrected chi connectivity index (χ0v) is 11.2. The molecule has 20 heavy (non-hydrogen) atoms. The van der Waals surface area contributed by atoms with E-state index >= 15 is 0 Å². The Morgan fingerprint density at radius 2 is 1.90 bits per heavy atom. The Morgan fingerprint density at radius 3 is 2.40 bits per heavy atom. The smallest absolute Gasteiger partial charge is 0.337 e. The van der Waals surface area contributed by atoms with Crippen molar-refractivity contribution in [3.63, 3.8) is 0 Å². The molecule has 1 rings (SSSR count). The molecule has 1 aromatic carbocycles. The molecule has 0 fully saturated rings. The van der Waals surface area contributed by atoms with Crippen molar-refractivity contribution in [1.29, 1.82) is 0 Å². The van der Waals surface area contributed by atoms with Crippen LogP contribution in [0.5, 0.6) is 11.5 Å². The van der Waals surface area contributed by atoms with Crippen molar-refractivity contribution in [2.45, 2.75) is 12.8 Å². The molecule has 0 heterocycles. The average molecular weight is 277 g/mol. The van der Waals surface area contributed by atoms with Gasteiger partial charge in [0.1, 0.15) is 0 Å². The maximum absolute atomic E-state index is 11.6. The van der Waals surface area contributed by atoms with Crippen molar-refractivity contribution in [2.75, 3.05) is 19.5 Å². The molecule has 1 aromatic rings. The van der Waals surface area contributed by atoms with E-state index < -0.39 is 5.97 Å². The van der Waals surface area contributed by atoms with E-state index in [4.69, 9.17) is 21.0 Å². The molecule has 0 aromatic heterocycles. The third kappa shape index (κ3) is 3.65. The van der Waals surface area contributed by atoms with Gasteiger partial charge in [-0.3, -0.25) is 4.79 Å². The summed E-state index contributed by atoms with van der Waals surface area (Å²) in [5, 5.41) is 11.7. The normalized spacial score (nSPS) is 9.45. The molecular formula is C14H15NO5. The zero-order chi connectivity index (χ0) is 15.1. The molecule has 6 heteroatoms. The molecule has 2 N–H and O–H groups in total. The van der Waals surface area contributed by atoms with Gasteiger partial charge in [0.15, 0.2) is 11.5 Å². The molecule has 0 aliphatic rings. The number of carboxylic acids is 1. The largest absolute Gasteiger partial charge is 0.493 e. The highest BCUT2D eigenvalue weighted by Crippen LogP contribution is 2.33. The maximum Gasteiger partial charge on any atom is 0.337 e. The minimum Gasteiger partial charge on any atom is -0.493 e. The van der Waals surface area contributed by atoms with Crippen molar-refractivity contribution in [2.24, 2.45) is 0 Å². The van der Waals surface area contributed by atoms with Crippen LogP contribution in [0.4, 0.5) is 5.69 Å². The molecule has 0 atom stereocenters. The second-order valence-electron chi connectivity index (χ2n) is 3.81. The molecule has 1 amide bonds. The second kappa shape index (κ2) is 7.04. The van der Waals surface area contributed by atoms with Crippen LogP contribution in [-0.4, -0.2) is 31.2 Å². The minimum atomic E-state index is -1.18. The number of hydrogen-bond donors (Lipinski definition) is 2. The number of terminal acetylenes is 1. The fourth-order valence-corrected chi connectivity index (χ4v) is 1.56. The number of carbonyl (C=O) groups excluding carboxylic acids is 1. The highest BCUT2D eigenvalue weighted by atomic mass is 16.5. The van der Waals surface area contributed by atoms with Crippen molar-refractivity contribution < 1.29 is 24.2 Å². The SMILES string of the molecule is C#CCCC(=O)Nc1cc(OC)c(OC)cc1C(=O)O. The van der Waals surface area contributed by atoms with Crippen LogP contribution in [0.3, 0.4) is 0 Å². The van der Waals surface area contributed by atoms with Gasteiger partial charge in [-0.05, 0) is 0 Å². The van der Waals surface area contributed by atoms with E-state index in [0.29, 0.717) is 5.75 Å². The number of carboxylic acid groups (broad SMARTS) is 1. The average Bonchev–Trinajstić information content (AvgIpc) is 2.44. The summed E-state index contributed by atoms with van der Waals surface area (Å²) in [6.07, 6.45) is 5.47. The van der Waals surface area contributed by atoms with Gasteiger partial charge < -0.3 is 19.9 Å². The van der Waals surface area contributed by atoms with Crippen LogP contribution < -0.4 is 14.8 Å². The predicted molar refractivity (Wildman–Crippen MR) is 73.2 cm³/mol. The maximum atomic E-state index is 11.6. The number of rotatable bonds is 6. The van der Waals surface area contributed by atoms with Gasteiger partial charge in [0.05, 0.1) is 25.5 Å². The molecule has 0 saturated heterocycles. The van der Waals surface area contributed by atoms with Gasteiger partial charge in [-0.2, -0.15) is 0 Å². The summed E-state index contributed by atoms with van der Waals surface area (Å²) in [4.78, 5) is 22.8. The monoisotopic (exact) mass is 277 g/mol. The number of hydrogen-bond acceptors (Lipinski definition) is 4. The topological polar surface area (TPSA) is 84.9 Å². The Kier molecular flexibility index (Phi) is 5.42. The van der Waals surface area contributed by atoms with Crippen LogP contribution >= 0.6 is 0 Å². The van der Waals surface area contributed by atoms with Gasteiger partial charge in [0.25, 0.3) is 0 Å². The Bertz CT molecular complexity index is 559. The van der Waals surface area contributed by atoms with Crippen LogP contribution in [0.25, 0.3) is 0 Å². The van der Waals surface area contributed by atoms with Crippen molar-refractivity contribution >= 4 is 17.6 Å². The minimum absolute atomic E-state index is 0.0864. The van der Waals surface area contributed by atoms with Crippen LogP contribution in [0, 0.1) is 12.3 Å². The highest BCUT2D eigenvalue weighted by Gasteiger charge is 2.17. The summed E-state index contributed by atoms with van der Waals surface area (Å²) < 4.78 is 10.1. The number of benzene rings is 1. The van der Waals surface area contributed by atoms with Gasteiger partial charge in [-0.25, -0.2) is 4.79 Å². The summed E-state index contributed by atoms with van der Waals surface area (Å²) >= 11 is 0. The number of methoxy groups -OCH3 is 2. The van der Waals surface area contributed by atoms with E-state index in [1.807, 2.05) is 0 Å². The van der Waals surface area contributed by atoms with Gasteiger partial charge in [0.2, 0.25) is 5.91 Å². The van der Waals surface area contributed by atoms with Crippen molar-refractivity contribution in [1.82, 2.24) is 0 Å². The van der Waals surface area contributed by atoms with Gasteiger partial charge >= 0.3 is 5.97 Å². The lowest BCUT2D eigenvalue weighted by molar-refractivity contribution is -0.116. The Balaban J connectivity index is 3.13. The first kappa shape index (κ1) is 15.4. The fourth-order valence-electron chi connectivity index (χ4n) is 1.56. The number of aromatic carboxylic acids is 1. The van der Waals surface area contributed by atoms with Gasteiger partial charge in [-0.1, -0.05) is 0 Å². The number of amides is 1. The first-order chi connectivity index (χ1) is 9.53. The Hall–Kier alpha value is -2.68. The lowest BCUT2D eigenvalue weighted by atomic mass is 10.1. The second-order valence-corrected chi connectivity index (χ2v) is 3.81. The number of carbonyl (C=O) groups is 2. The van der Waals surface area contributed by atoms with E-state index in [2.05, 4.69) is 11.2 Å². The van der Waals surface area contributed by atoms with E-state index in [1.54, 1.807) is 0 Å². The van der Waals surface area contributed by atoms with Crippen molar-refractivity contribution in [3.8, 4) is 23.8 Å². The van der Waals surface area contributed by atoms with Crippen LogP contribution in [0.15, 0.2) is 12.1 Å². The fraction of sp³-hybridized carbons (Fsp3) is 0.286. The third-order valence-electron chi connectivity index (χ3n) is 2.52. The third-order valence-corrected chi connectivity index (χ3v) is 2.52. The molecule has 0 unspecified atom stereocenters. The summed E-state index contributed by atoms with van der Waals surface area (Å²) in [7, 11) is 2.82. The Labute approximate surface area is 116 Å². The molecular weight excluding hydrogens is 262 g/mol. The standard InChI is InChI=1S/C14H15NO5/c1-4-5-6-13(16)15-10-8-12(20-3)11(19-2)7-9(10)14(17)18/h1,7-8H,5-6H2,2-3H3,(H,15,16)(H,17,18). The van der Waals surface area contributed by atoms with E-state index in [-0.39, 0.29) is 35.7 Å². The van der Waals surface area contributed by atoms with Crippen molar-refractivity contribution in [3.05, 3.63) is 17.7 Å². The quantitative estimate of drug-likeness (QED) is 0.774. The highest BCUT2D eigenvalue weighted by molar-refractivity contribution is 6.01. The first-order valence-electron chi connectivity index (χ1n) is 5.76. The number of ether oxygens (including phenoxy) is 2. The molecule has 0 bridgehead atoms.